The van der Waals surface area contributed by atoms with Crippen LogP contribution in [-0.2, 0) is 14.6 Å². The number of esters is 1. The van der Waals surface area contributed by atoms with E-state index >= 15 is 0 Å². The second-order valence-electron chi connectivity index (χ2n) is 8.59. The molecule has 1 saturated carbocycles. The van der Waals surface area contributed by atoms with Crippen molar-refractivity contribution in [2.24, 2.45) is 0 Å². The second kappa shape index (κ2) is 8.61. The van der Waals surface area contributed by atoms with Gasteiger partial charge in [-0.2, -0.15) is 5.10 Å². The van der Waals surface area contributed by atoms with Gasteiger partial charge in [0.25, 0.3) is 0 Å². The van der Waals surface area contributed by atoms with E-state index in [1.54, 1.807) is 41.9 Å². The first-order chi connectivity index (χ1) is 15.8. The lowest BCUT2D eigenvalue weighted by atomic mass is 10.1. The molecule has 2 aromatic heterocycles. The fourth-order valence-electron chi connectivity index (χ4n) is 4.21. The van der Waals surface area contributed by atoms with Gasteiger partial charge in [0.05, 0.1) is 34.2 Å². The van der Waals surface area contributed by atoms with Crippen LogP contribution < -0.4 is 4.74 Å². The van der Waals surface area contributed by atoms with E-state index in [1.807, 2.05) is 0 Å². The summed E-state index contributed by atoms with van der Waals surface area (Å²) in [5, 5.41) is 5.83. The van der Waals surface area contributed by atoms with Gasteiger partial charge in [0.2, 0.25) is 0 Å². The topological polar surface area (TPSA) is 100 Å². The second-order valence-corrected chi connectivity index (χ2v) is 11.3. The molecule has 0 N–H and O–H groups in total. The first kappa shape index (κ1) is 22.2. The van der Waals surface area contributed by atoms with Gasteiger partial charge >= 0.3 is 5.97 Å². The summed E-state index contributed by atoms with van der Waals surface area (Å²) in [5.41, 5.74) is 2.43. The van der Waals surface area contributed by atoms with Crippen molar-refractivity contribution >= 4 is 38.4 Å². The average Bonchev–Trinajstić information content (AvgIpc) is 3.50. The largest absolute Gasteiger partial charge is 0.490 e. The van der Waals surface area contributed by atoms with Crippen LogP contribution in [-0.4, -0.2) is 53.9 Å². The highest BCUT2D eigenvalue weighted by Crippen LogP contribution is 2.41. The minimum absolute atomic E-state index is 0.0420. The summed E-state index contributed by atoms with van der Waals surface area (Å²) >= 11 is 5.87. The zero-order chi connectivity index (χ0) is 23.2. The van der Waals surface area contributed by atoms with Gasteiger partial charge in [-0.1, -0.05) is 11.6 Å². The van der Waals surface area contributed by atoms with E-state index in [9.17, 15) is 13.2 Å². The molecule has 1 unspecified atom stereocenters. The zero-order valence-electron chi connectivity index (χ0n) is 18.2. The van der Waals surface area contributed by atoms with Gasteiger partial charge in [0, 0.05) is 16.6 Å². The fourth-order valence-corrected chi connectivity index (χ4v) is 6.02. The van der Waals surface area contributed by atoms with Crippen LogP contribution in [0.2, 0.25) is 5.02 Å². The molecule has 1 saturated heterocycles. The predicted octanol–water partition coefficient (Wildman–Crippen LogP) is 3.87. The normalized spacial score (nSPS) is 19.6. The molecule has 2 fully saturated rings. The molecule has 33 heavy (non-hydrogen) atoms. The summed E-state index contributed by atoms with van der Waals surface area (Å²) in [6.07, 6.45) is 2.54. The lowest BCUT2D eigenvalue weighted by Crippen LogP contribution is -2.15. The number of hydrogen-bond acceptors (Lipinski definition) is 7. The van der Waals surface area contributed by atoms with Crippen molar-refractivity contribution in [3.05, 3.63) is 52.3 Å². The van der Waals surface area contributed by atoms with E-state index in [1.165, 1.54) is 0 Å². The lowest BCUT2D eigenvalue weighted by Gasteiger charge is -2.12. The molecule has 1 aliphatic carbocycles. The molecule has 10 heteroatoms. The Morgan fingerprint density at radius 2 is 1.94 bits per heavy atom. The Morgan fingerprint density at radius 3 is 2.61 bits per heavy atom. The molecule has 0 amide bonds. The summed E-state index contributed by atoms with van der Waals surface area (Å²) in [7, 11) is -3.09. The molecule has 1 aromatic carbocycles. The summed E-state index contributed by atoms with van der Waals surface area (Å²) in [4.78, 5) is 17.8. The first-order valence-corrected chi connectivity index (χ1v) is 13.2. The van der Waals surface area contributed by atoms with Gasteiger partial charge in [-0.3, -0.25) is 0 Å². The van der Waals surface area contributed by atoms with Crippen LogP contribution in [0.4, 0.5) is 0 Å². The molecule has 5 rings (SSSR count). The zero-order valence-corrected chi connectivity index (χ0v) is 19.7. The van der Waals surface area contributed by atoms with Gasteiger partial charge in [-0.05, 0) is 56.5 Å². The van der Waals surface area contributed by atoms with E-state index in [-0.39, 0.29) is 30.8 Å². The number of nitrogens with zero attached hydrogens (tertiary/aromatic N) is 3. The summed E-state index contributed by atoms with van der Waals surface area (Å²) in [6.45, 7) is 2.09. The average molecular weight is 490 g/mol. The van der Waals surface area contributed by atoms with Crippen molar-refractivity contribution in [2.75, 3.05) is 24.7 Å². The number of sulfone groups is 1. The quantitative estimate of drug-likeness (QED) is 0.367. The van der Waals surface area contributed by atoms with Crippen LogP contribution in [0.1, 0.15) is 53.0 Å². The summed E-state index contributed by atoms with van der Waals surface area (Å²) in [5.74, 6) is 0.667. The molecular weight excluding hydrogens is 466 g/mol. The standard InChI is InChI=1S/C23H24ClN3O5S/c1-14-21-19(23(28)32-10-9-31-18-6-4-16(24)5-7-18)12-20(15-2-3-15)25-22(21)27(26-14)17-8-11-33(29,30)13-17/h4-7,12,15,17H,2-3,8-11,13H2,1H3. The third-order valence-corrected chi connectivity index (χ3v) is 8.03. The molecular formula is C23H24ClN3O5S. The number of pyridine rings is 1. The number of aromatic nitrogens is 3. The summed E-state index contributed by atoms with van der Waals surface area (Å²) in [6, 6.07) is 8.48. The number of fused-ring (bicyclic) bond motifs is 1. The molecule has 0 radical (unpaired) electrons. The van der Waals surface area contributed by atoms with Gasteiger partial charge in [0.1, 0.15) is 19.0 Å². The molecule has 2 aliphatic rings. The Kier molecular flexibility index (Phi) is 5.78. The number of carbonyl (C=O) groups is 1. The van der Waals surface area contributed by atoms with Crippen LogP contribution >= 0.6 is 11.6 Å². The molecule has 174 valence electrons. The molecule has 0 spiro atoms. The van der Waals surface area contributed by atoms with Crippen LogP contribution in [0.5, 0.6) is 5.75 Å². The molecule has 1 atom stereocenters. The number of hydrogen-bond donors (Lipinski definition) is 0. The number of halogens is 1. The van der Waals surface area contributed by atoms with Crippen molar-refractivity contribution in [3.8, 4) is 5.75 Å². The van der Waals surface area contributed by atoms with Crippen molar-refractivity contribution in [3.63, 3.8) is 0 Å². The molecule has 8 nitrogen and oxygen atoms in total. The minimum Gasteiger partial charge on any atom is -0.490 e. The van der Waals surface area contributed by atoms with Crippen molar-refractivity contribution < 1.29 is 22.7 Å². The number of ether oxygens (including phenoxy) is 2. The van der Waals surface area contributed by atoms with Gasteiger partial charge < -0.3 is 9.47 Å². The number of aryl methyl sites for hydroxylation is 1. The van der Waals surface area contributed by atoms with E-state index < -0.39 is 15.8 Å². The number of carbonyl (C=O) groups excluding carboxylic acids is 1. The van der Waals surface area contributed by atoms with Crippen LogP contribution in [0.25, 0.3) is 11.0 Å². The highest BCUT2D eigenvalue weighted by atomic mass is 35.5. The van der Waals surface area contributed by atoms with E-state index in [4.69, 9.17) is 26.1 Å². The molecule has 3 aromatic rings. The van der Waals surface area contributed by atoms with Crippen molar-refractivity contribution in [2.45, 2.75) is 38.1 Å². The Labute approximate surface area is 196 Å². The van der Waals surface area contributed by atoms with E-state index in [0.717, 1.165) is 18.5 Å². The lowest BCUT2D eigenvalue weighted by molar-refractivity contribution is 0.0452. The maximum Gasteiger partial charge on any atom is 0.339 e. The third-order valence-electron chi connectivity index (χ3n) is 6.03. The monoisotopic (exact) mass is 489 g/mol. The molecule has 3 heterocycles. The van der Waals surface area contributed by atoms with Crippen molar-refractivity contribution in [1.29, 1.82) is 0 Å². The fraction of sp³-hybridized carbons (Fsp3) is 0.435. The van der Waals surface area contributed by atoms with Gasteiger partial charge in [-0.25, -0.2) is 22.9 Å². The van der Waals surface area contributed by atoms with Crippen LogP contribution in [0.15, 0.2) is 30.3 Å². The highest BCUT2D eigenvalue weighted by molar-refractivity contribution is 7.91. The van der Waals surface area contributed by atoms with Crippen molar-refractivity contribution in [1.82, 2.24) is 14.8 Å². The Morgan fingerprint density at radius 1 is 1.18 bits per heavy atom. The smallest absolute Gasteiger partial charge is 0.339 e. The Balaban J connectivity index is 1.38. The number of benzene rings is 1. The van der Waals surface area contributed by atoms with Gasteiger partial charge in [-0.15, -0.1) is 0 Å². The highest BCUT2D eigenvalue weighted by Gasteiger charge is 2.34. The molecule has 1 aliphatic heterocycles. The minimum atomic E-state index is -3.09. The van der Waals surface area contributed by atoms with E-state index in [2.05, 4.69) is 5.10 Å². The molecule has 0 bridgehead atoms. The van der Waals surface area contributed by atoms with Gasteiger partial charge in [0.15, 0.2) is 15.5 Å². The maximum absolute atomic E-state index is 13.0. The Bertz CT molecular complexity index is 1320. The van der Waals surface area contributed by atoms with E-state index in [0.29, 0.717) is 45.4 Å². The van der Waals surface area contributed by atoms with Crippen LogP contribution in [0, 0.1) is 6.92 Å². The first-order valence-electron chi connectivity index (χ1n) is 11.0. The Hall–Kier alpha value is -2.65. The summed E-state index contributed by atoms with van der Waals surface area (Å²) < 4.78 is 36.9. The maximum atomic E-state index is 13.0. The van der Waals surface area contributed by atoms with Crippen LogP contribution in [0.3, 0.4) is 0 Å². The third kappa shape index (κ3) is 4.70. The predicted molar refractivity (Wildman–Crippen MR) is 124 cm³/mol. The SMILES string of the molecule is Cc1nn(C2CCS(=O)(=O)C2)c2nc(C3CC3)cc(C(=O)OCCOc3ccc(Cl)cc3)c12. The number of rotatable bonds is 7.